The van der Waals surface area contributed by atoms with Crippen molar-refractivity contribution in [2.75, 3.05) is 20.3 Å². The summed E-state index contributed by atoms with van der Waals surface area (Å²) >= 11 is 7.11. The Hall–Kier alpha value is -2.29. The number of fused-ring (bicyclic) bond motifs is 2. The van der Waals surface area contributed by atoms with E-state index in [9.17, 15) is 9.59 Å². The molecule has 0 unspecified atom stereocenters. The zero-order valence-electron chi connectivity index (χ0n) is 15.6. The molecule has 1 aliphatic heterocycles. The van der Waals surface area contributed by atoms with E-state index in [1.165, 1.54) is 10.4 Å². The van der Waals surface area contributed by atoms with E-state index >= 15 is 0 Å². The molecule has 8 heteroatoms. The minimum absolute atomic E-state index is 0.0256. The summed E-state index contributed by atoms with van der Waals surface area (Å²) in [5.41, 5.74) is 2.24. The second kappa shape index (κ2) is 7.98. The van der Waals surface area contributed by atoms with Gasteiger partial charge in [-0.3, -0.25) is 14.2 Å². The van der Waals surface area contributed by atoms with Crippen molar-refractivity contribution < 1.29 is 9.53 Å². The summed E-state index contributed by atoms with van der Waals surface area (Å²) in [7, 11) is 1.63. The van der Waals surface area contributed by atoms with Crippen molar-refractivity contribution in [3.8, 4) is 0 Å². The number of carbonyl (C=O) groups is 1. The third-order valence-electron chi connectivity index (χ3n) is 5.05. The van der Waals surface area contributed by atoms with Crippen molar-refractivity contribution >= 4 is 40.4 Å². The first-order chi connectivity index (χ1) is 13.6. The highest BCUT2D eigenvalue weighted by Crippen LogP contribution is 2.25. The van der Waals surface area contributed by atoms with Crippen molar-refractivity contribution in [1.29, 1.82) is 0 Å². The van der Waals surface area contributed by atoms with Crippen LogP contribution in [0.3, 0.4) is 0 Å². The Balaban J connectivity index is 1.63. The molecule has 0 aliphatic carbocycles. The molecule has 4 rings (SSSR count). The topological polar surface area (TPSA) is 67.3 Å². The Labute approximate surface area is 171 Å². The second-order valence-electron chi connectivity index (χ2n) is 6.84. The van der Waals surface area contributed by atoms with Crippen molar-refractivity contribution in [3.05, 3.63) is 60.8 Å². The SMILES string of the molecule is COCCCn1c(=S)[nH]c2cc(C(=O)N3CCc4sccc4C3)ccc2c1=O. The summed E-state index contributed by atoms with van der Waals surface area (Å²) in [6, 6.07) is 7.26. The number of nitrogens with zero attached hydrogens (tertiary/aromatic N) is 2. The first-order valence-corrected chi connectivity index (χ1v) is 10.5. The van der Waals surface area contributed by atoms with Crippen molar-refractivity contribution in [2.24, 2.45) is 0 Å². The number of hydrogen-bond donors (Lipinski definition) is 1. The normalized spacial score (nSPS) is 13.7. The van der Waals surface area contributed by atoms with Crippen LogP contribution in [0.5, 0.6) is 0 Å². The zero-order valence-corrected chi connectivity index (χ0v) is 17.2. The number of methoxy groups -OCH3 is 1. The van der Waals surface area contributed by atoms with Gasteiger partial charge in [-0.25, -0.2) is 0 Å². The standard InChI is InChI=1S/C20H21N3O3S2/c1-26-9-2-7-23-19(25)15-4-3-13(11-16(15)21-20(23)27)18(24)22-8-5-17-14(12-22)6-10-28-17/h3-4,6,10-11H,2,5,7-9,12H2,1H3,(H,21,27). The van der Waals surface area contributed by atoms with Crippen LogP contribution in [0, 0.1) is 4.77 Å². The molecule has 28 heavy (non-hydrogen) atoms. The van der Waals surface area contributed by atoms with Gasteiger partial charge < -0.3 is 14.6 Å². The van der Waals surface area contributed by atoms with Crippen LogP contribution in [0.15, 0.2) is 34.4 Å². The summed E-state index contributed by atoms with van der Waals surface area (Å²) in [4.78, 5) is 32.1. The molecule has 1 aromatic carbocycles. The largest absolute Gasteiger partial charge is 0.385 e. The minimum atomic E-state index is -0.144. The van der Waals surface area contributed by atoms with Gasteiger partial charge in [0.2, 0.25) is 0 Å². The number of benzene rings is 1. The average Bonchev–Trinajstić information content (AvgIpc) is 3.17. The lowest BCUT2D eigenvalue weighted by molar-refractivity contribution is 0.0736. The number of thiophene rings is 1. The molecule has 0 spiro atoms. The monoisotopic (exact) mass is 415 g/mol. The van der Waals surface area contributed by atoms with Gasteiger partial charge in [0.05, 0.1) is 10.9 Å². The molecule has 2 aromatic heterocycles. The van der Waals surface area contributed by atoms with E-state index < -0.39 is 0 Å². The Kier molecular flexibility index (Phi) is 5.43. The number of ether oxygens (including phenoxy) is 1. The zero-order chi connectivity index (χ0) is 19.7. The van der Waals surface area contributed by atoms with Gasteiger partial charge in [-0.15, -0.1) is 11.3 Å². The first kappa shape index (κ1) is 19.0. The van der Waals surface area contributed by atoms with Gasteiger partial charge in [0, 0.05) is 43.8 Å². The first-order valence-electron chi connectivity index (χ1n) is 9.19. The molecule has 0 bridgehead atoms. The van der Waals surface area contributed by atoms with Gasteiger partial charge in [0.25, 0.3) is 11.5 Å². The molecule has 6 nitrogen and oxygen atoms in total. The molecule has 1 N–H and O–H groups in total. The molecular formula is C20H21N3O3S2. The van der Waals surface area contributed by atoms with E-state index in [1.807, 2.05) is 4.90 Å². The van der Waals surface area contributed by atoms with E-state index in [4.69, 9.17) is 17.0 Å². The van der Waals surface area contributed by atoms with Gasteiger partial charge in [-0.2, -0.15) is 0 Å². The maximum absolute atomic E-state index is 13.0. The van der Waals surface area contributed by atoms with Crippen molar-refractivity contribution in [1.82, 2.24) is 14.5 Å². The third-order valence-corrected chi connectivity index (χ3v) is 6.40. The summed E-state index contributed by atoms with van der Waals surface area (Å²) in [6.45, 7) is 2.40. The van der Waals surface area contributed by atoms with Crippen molar-refractivity contribution in [2.45, 2.75) is 25.9 Å². The van der Waals surface area contributed by atoms with Crippen molar-refractivity contribution in [3.63, 3.8) is 0 Å². The summed E-state index contributed by atoms with van der Waals surface area (Å²) < 4.78 is 6.95. The van der Waals surface area contributed by atoms with E-state index in [2.05, 4.69) is 16.4 Å². The van der Waals surface area contributed by atoms with Gasteiger partial charge in [0.15, 0.2) is 4.77 Å². The fourth-order valence-corrected chi connectivity index (χ4v) is 4.74. The lowest BCUT2D eigenvalue weighted by atomic mass is 10.1. The maximum atomic E-state index is 13.0. The molecule has 0 atom stereocenters. The quantitative estimate of drug-likeness (QED) is 0.513. The molecule has 1 amide bonds. The number of carbonyl (C=O) groups excluding carboxylic acids is 1. The number of aromatic amines is 1. The van der Waals surface area contributed by atoms with Crippen LogP contribution < -0.4 is 5.56 Å². The number of amides is 1. The number of aromatic nitrogens is 2. The number of hydrogen-bond acceptors (Lipinski definition) is 5. The highest BCUT2D eigenvalue weighted by molar-refractivity contribution is 7.71. The Bertz CT molecular complexity index is 1150. The molecule has 0 saturated heterocycles. The Morgan fingerprint density at radius 2 is 2.21 bits per heavy atom. The summed E-state index contributed by atoms with van der Waals surface area (Å²) in [5, 5.41) is 2.60. The highest BCUT2D eigenvalue weighted by atomic mass is 32.1. The van der Waals surface area contributed by atoms with E-state index in [-0.39, 0.29) is 11.5 Å². The molecule has 1 aliphatic rings. The van der Waals surface area contributed by atoms with Gasteiger partial charge in [-0.1, -0.05) is 0 Å². The highest BCUT2D eigenvalue weighted by Gasteiger charge is 2.23. The predicted molar refractivity (Wildman–Crippen MR) is 113 cm³/mol. The average molecular weight is 416 g/mol. The molecule has 0 fully saturated rings. The van der Waals surface area contributed by atoms with Crippen LogP contribution in [-0.4, -0.2) is 40.6 Å². The molecule has 3 aromatic rings. The molecule has 0 saturated carbocycles. The maximum Gasteiger partial charge on any atom is 0.262 e. The van der Waals surface area contributed by atoms with E-state index in [0.29, 0.717) is 53.9 Å². The summed E-state index contributed by atoms with van der Waals surface area (Å²) in [5.74, 6) is -0.0256. The van der Waals surface area contributed by atoms with E-state index in [1.54, 1.807) is 41.2 Å². The predicted octanol–water partition coefficient (Wildman–Crippen LogP) is 3.36. The molecule has 3 heterocycles. The van der Waals surface area contributed by atoms with Gasteiger partial charge in [-0.05, 0) is 60.3 Å². The smallest absolute Gasteiger partial charge is 0.262 e. The van der Waals surface area contributed by atoms with Crippen LogP contribution in [0.2, 0.25) is 0 Å². The van der Waals surface area contributed by atoms with Crippen LogP contribution in [-0.2, 0) is 24.2 Å². The fourth-order valence-electron chi connectivity index (χ4n) is 3.56. The van der Waals surface area contributed by atoms with Gasteiger partial charge in [0.1, 0.15) is 0 Å². The molecule has 0 radical (unpaired) electrons. The fraction of sp³-hybridized carbons (Fsp3) is 0.350. The van der Waals surface area contributed by atoms with Crippen LogP contribution >= 0.6 is 23.6 Å². The lowest BCUT2D eigenvalue weighted by Crippen LogP contribution is -2.35. The van der Waals surface area contributed by atoms with E-state index in [0.717, 1.165) is 6.42 Å². The molecule has 146 valence electrons. The van der Waals surface area contributed by atoms with Gasteiger partial charge >= 0.3 is 0 Å². The number of nitrogens with one attached hydrogen (secondary N) is 1. The summed E-state index contributed by atoms with van der Waals surface area (Å²) in [6.07, 6.45) is 1.59. The van der Waals surface area contributed by atoms with Crippen LogP contribution in [0.1, 0.15) is 27.2 Å². The lowest BCUT2D eigenvalue weighted by Gasteiger charge is -2.27. The second-order valence-corrected chi connectivity index (χ2v) is 8.23. The number of rotatable bonds is 5. The minimum Gasteiger partial charge on any atom is -0.385 e. The third kappa shape index (κ3) is 3.55. The van der Waals surface area contributed by atoms with Crippen LogP contribution in [0.4, 0.5) is 0 Å². The Morgan fingerprint density at radius 1 is 1.36 bits per heavy atom. The Morgan fingerprint density at radius 3 is 3.04 bits per heavy atom. The van der Waals surface area contributed by atoms with Crippen LogP contribution in [0.25, 0.3) is 10.9 Å². The molecular weight excluding hydrogens is 394 g/mol. The number of H-pyrrole nitrogens is 1.